The summed E-state index contributed by atoms with van der Waals surface area (Å²) in [5.74, 6) is 0. The van der Waals surface area contributed by atoms with Crippen molar-refractivity contribution in [2.45, 2.75) is 0 Å². The average Bonchev–Trinajstić information content (AvgIpc) is 0.918. The summed E-state index contributed by atoms with van der Waals surface area (Å²) >= 11 is 4.44. The van der Waals surface area contributed by atoms with Gasteiger partial charge in [-0.25, -0.2) is 0 Å². The molecule has 0 heterocycles. The van der Waals surface area contributed by atoms with Crippen LogP contribution in [0.25, 0.3) is 0 Å². The van der Waals surface area contributed by atoms with Crippen LogP contribution in [0.4, 0.5) is 0 Å². The Hall–Kier alpha value is 4.14. The van der Waals surface area contributed by atoms with Crippen molar-refractivity contribution in [2.24, 2.45) is 0 Å². The van der Waals surface area contributed by atoms with Crippen LogP contribution in [0.2, 0.25) is 0 Å². The average molecular weight is 581 g/mol. The van der Waals surface area contributed by atoms with E-state index in [1.807, 2.05) is 20.1 Å². The van der Waals surface area contributed by atoms with Gasteiger partial charge >= 0.3 is 70.0 Å². The third kappa shape index (κ3) is 24.2. The molecule has 6 heteroatoms. The Kier molecular flexibility index (Phi) is 85.8. The molecule has 0 atom stereocenters. The first-order valence-corrected chi connectivity index (χ1v) is 11.3. The Morgan fingerprint density at radius 1 is 1.50 bits per heavy atom. The molecule has 0 aliphatic rings. The van der Waals surface area contributed by atoms with E-state index in [2.05, 4.69) is 14.2 Å². The molecule has 0 N–H and O–H groups in total. The zero-order valence-electron chi connectivity index (χ0n) is 2.31. The summed E-state index contributed by atoms with van der Waals surface area (Å²) in [6, 6.07) is 0. The third-order valence-corrected chi connectivity index (χ3v) is 0. The second kappa shape index (κ2) is 22.9. The molecule has 0 unspecified atom stereocenters. The van der Waals surface area contributed by atoms with Gasteiger partial charge in [0, 0.05) is 44.4 Å². The molecule has 0 amide bonds. The number of hydrogen-bond donors (Lipinski definition) is 0. The van der Waals surface area contributed by atoms with E-state index >= 15 is 0 Å². The predicted molar refractivity (Wildman–Crippen MR) is 30.0 cm³/mol. The molecule has 0 fully saturated rings. The van der Waals surface area contributed by atoms with Crippen molar-refractivity contribution in [3.05, 3.63) is 0 Å². The van der Waals surface area contributed by atoms with Gasteiger partial charge in [-0.3, -0.25) is 0 Å². The Morgan fingerprint density at radius 3 is 1.50 bits per heavy atom. The van der Waals surface area contributed by atoms with E-state index in [0.717, 1.165) is 9.95 Å². The Balaban J connectivity index is -0.00000000667. The maximum absolute atomic E-state index is 2.55. The Morgan fingerprint density at radius 2 is 1.50 bits per heavy atom. The quantitative estimate of drug-likeness (QED) is 0.270. The first-order valence-electron chi connectivity index (χ1n) is 0.365. The molecule has 0 aromatic carbocycles. The second-order valence-electron chi connectivity index (χ2n) is 0.0816. The standard InChI is InChI=1S/Cd.Cu.In.H2Se2Te.3H/c;;;1-2-3;;;/h;;;1,3H;;;. The Labute approximate surface area is 112 Å². The van der Waals surface area contributed by atoms with E-state index in [1.54, 1.807) is 0 Å². The molecule has 39 valence electrons. The van der Waals surface area contributed by atoms with Gasteiger partial charge in [0.2, 0.25) is 0 Å². The van der Waals surface area contributed by atoms with Gasteiger partial charge in [-0.05, 0) is 0 Å². The van der Waals surface area contributed by atoms with E-state index in [0.29, 0.717) is 0 Å². The second-order valence-corrected chi connectivity index (χ2v) is 14.8. The van der Waals surface area contributed by atoms with Crippen LogP contribution in [0.5, 0.6) is 0 Å². The van der Waals surface area contributed by atoms with E-state index in [-0.39, 0.29) is 70.2 Å². The normalized spacial score (nSPS) is 3.00. The number of hydrogen-bond acceptors (Lipinski definition) is 0. The zero-order chi connectivity index (χ0) is 2.71. The summed E-state index contributed by atoms with van der Waals surface area (Å²) in [5, 5.41) is 0. The Bertz CT molecular complexity index is 13.5. The van der Waals surface area contributed by atoms with Gasteiger partial charge in [-0.15, -0.1) is 0 Å². The molecule has 6 heavy (non-hydrogen) atoms. The molecule has 0 aliphatic carbocycles. The van der Waals surface area contributed by atoms with Crippen LogP contribution >= 0.6 is 0 Å². The summed E-state index contributed by atoms with van der Waals surface area (Å²) in [5.41, 5.74) is 0. The summed E-state index contributed by atoms with van der Waals surface area (Å²) < 4.78 is 0. The zero-order valence-corrected chi connectivity index (χ0v) is 13.4. The monoisotopic (exact) mass is 587 g/mol. The van der Waals surface area contributed by atoms with Crippen molar-refractivity contribution in [3.63, 3.8) is 0 Å². The van der Waals surface area contributed by atoms with Gasteiger partial charge in [-0.1, -0.05) is 0 Å². The van der Waals surface area contributed by atoms with E-state index in [1.165, 1.54) is 0 Å². The van der Waals surface area contributed by atoms with Gasteiger partial charge < -0.3 is 0 Å². The molecule has 0 saturated heterocycles. The van der Waals surface area contributed by atoms with Crippen LogP contribution < -0.4 is 0 Å². The molecule has 0 aromatic rings. The molecule has 0 bridgehead atoms. The molecule has 0 saturated carbocycles. The van der Waals surface area contributed by atoms with Crippen LogP contribution in [-0.4, -0.2) is 70.0 Å². The summed E-state index contributed by atoms with van der Waals surface area (Å²) in [7, 11) is 0.862. The maximum atomic E-state index is 2.55. The van der Waals surface area contributed by atoms with Gasteiger partial charge in [0.05, 0.1) is 0 Å². The summed E-state index contributed by atoms with van der Waals surface area (Å²) in [6.07, 6.45) is 0. The van der Waals surface area contributed by atoms with Gasteiger partial charge in [0.1, 0.15) is 0 Å². The molecule has 0 spiro atoms. The van der Waals surface area contributed by atoms with Crippen molar-refractivity contribution in [2.75, 3.05) is 0 Å². The van der Waals surface area contributed by atoms with Crippen molar-refractivity contribution in [1.29, 1.82) is 0 Å². The fourth-order valence-electron chi connectivity index (χ4n) is 0. The molecular weight excluding hydrogens is 576 g/mol. The predicted octanol–water partition coefficient (Wildman–Crippen LogP) is -2.87. The van der Waals surface area contributed by atoms with Gasteiger partial charge in [-0.2, -0.15) is 0 Å². The molecule has 0 rings (SSSR count). The molecule has 0 aliphatic heterocycles. The summed E-state index contributed by atoms with van der Waals surface area (Å²) in [6.45, 7) is 0. The first-order chi connectivity index (χ1) is 1.41. The minimum atomic E-state index is 0. The van der Waals surface area contributed by atoms with Crippen LogP contribution in [0.1, 0.15) is 0 Å². The van der Waals surface area contributed by atoms with Crippen molar-refractivity contribution < 1.29 is 44.4 Å². The van der Waals surface area contributed by atoms with Crippen molar-refractivity contribution >= 4 is 70.0 Å². The van der Waals surface area contributed by atoms with Crippen molar-refractivity contribution in [1.82, 2.24) is 0 Å². The van der Waals surface area contributed by atoms with Crippen LogP contribution in [0, 0.1) is 0 Å². The van der Waals surface area contributed by atoms with E-state index in [4.69, 9.17) is 0 Å². The molecule has 0 aromatic heterocycles. The van der Waals surface area contributed by atoms with Gasteiger partial charge in [0.15, 0.2) is 0 Å². The SMILES string of the molecule is [Cd].[Cu].[InH3].[SeH][Se][TeH]. The fraction of sp³-hybridized carbons (Fsp3) is 0. The van der Waals surface area contributed by atoms with Crippen LogP contribution in [-0.2, 0) is 44.4 Å². The van der Waals surface area contributed by atoms with E-state index < -0.39 is 0 Å². The number of rotatable bonds is 0. The van der Waals surface area contributed by atoms with E-state index in [9.17, 15) is 0 Å². The molecule has 1 radical (unpaired) electrons. The molecule has 0 nitrogen and oxygen atoms in total. The third-order valence-electron chi connectivity index (χ3n) is 0. The molecular formula is H5CdCuInSe2Te. The van der Waals surface area contributed by atoms with Crippen LogP contribution in [0.15, 0.2) is 0 Å². The fourth-order valence-corrected chi connectivity index (χ4v) is 0. The first kappa shape index (κ1) is 22.5. The summed E-state index contributed by atoms with van der Waals surface area (Å²) in [4.78, 5) is 0. The topological polar surface area (TPSA) is 0 Å². The van der Waals surface area contributed by atoms with Crippen LogP contribution in [0.3, 0.4) is 0 Å². The van der Waals surface area contributed by atoms with Crippen molar-refractivity contribution in [3.8, 4) is 0 Å². The van der Waals surface area contributed by atoms with Gasteiger partial charge in [0.25, 0.3) is 0 Å². The minimum absolute atomic E-state index is 0.